The van der Waals surface area contributed by atoms with Crippen molar-refractivity contribution in [3.05, 3.63) is 34.9 Å². The van der Waals surface area contributed by atoms with E-state index in [0.717, 1.165) is 12.1 Å². The average molecular weight is 225 g/mol. The number of halogens is 2. The molecule has 5 heteroatoms. The van der Waals surface area contributed by atoms with Crippen molar-refractivity contribution in [1.82, 2.24) is 5.32 Å². The van der Waals surface area contributed by atoms with Crippen LogP contribution < -0.4 is 5.32 Å². The average Bonchev–Trinajstić information content (AvgIpc) is 2.21. The summed E-state index contributed by atoms with van der Waals surface area (Å²) in [6.07, 6.45) is 0. The largest absolute Gasteiger partial charge is 0.477 e. The minimum absolute atomic E-state index is 0.131. The zero-order valence-electron chi connectivity index (χ0n) is 8.47. The Balaban J connectivity index is 3.20. The molecule has 0 saturated heterocycles. The topological polar surface area (TPSA) is 49.3 Å². The molecule has 0 bridgehead atoms. The van der Waals surface area contributed by atoms with Gasteiger partial charge < -0.3 is 10.4 Å². The monoisotopic (exact) mass is 225 g/mol. The highest BCUT2D eigenvalue weighted by atomic mass is 19.1. The Kier molecular flexibility index (Phi) is 3.97. The van der Waals surface area contributed by atoms with Gasteiger partial charge in [0.15, 0.2) is 5.82 Å². The molecule has 0 aliphatic heterocycles. The second kappa shape index (κ2) is 5.24. The highest BCUT2D eigenvalue weighted by molar-refractivity contribution is 5.88. The van der Waals surface area contributed by atoms with Gasteiger partial charge in [-0.05, 0) is 19.2 Å². The first-order valence-electron chi connectivity index (χ1n) is 4.42. The molecule has 0 radical (unpaired) electrons. The number of carboxylic acid groups (broad SMARTS) is 1. The SMILES string of the molecule is CNCC#Cc1ccc(F)c(C(=O)O)c1F. The van der Waals surface area contributed by atoms with Crippen LogP contribution in [0.2, 0.25) is 0 Å². The number of benzene rings is 1. The van der Waals surface area contributed by atoms with Gasteiger partial charge in [0.2, 0.25) is 0 Å². The van der Waals surface area contributed by atoms with E-state index in [4.69, 9.17) is 5.11 Å². The maximum Gasteiger partial charge on any atom is 0.341 e. The third-order valence-electron chi connectivity index (χ3n) is 1.79. The molecule has 0 spiro atoms. The predicted octanol–water partition coefficient (Wildman–Crippen LogP) is 1.23. The van der Waals surface area contributed by atoms with Crippen molar-refractivity contribution in [3.63, 3.8) is 0 Å². The van der Waals surface area contributed by atoms with Crippen molar-refractivity contribution >= 4 is 5.97 Å². The lowest BCUT2D eigenvalue weighted by Crippen LogP contribution is -2.07. The summed E-state index contributed by atoms with van der Waals surface area (Å²) >= 11 is 0. The third-order valence-corrected chi connectivity index (χ3v) is 1.79. The molecule has 0 amide bonds. The van der Waals surface area contributed by atoms with Gasteiger partial charge in [0, 0.05) is 0 Å². The summed E-state index contributed by atoms with van der Waals surface area (Å²) < 4.78 is 26.5. The summed E-state index contributed by atoms with van der Waals surface area (Å²) in [6, 6.07) is 2.00. The Morgan fingerprint density at radius 1 is 1.50 bits per heavy atom. The fourth-order valence-electron chi connectivity index (χ4n) is 1.07. The van der Waals surface area contributed by atoms with Crippen molar-refractivity contribution in [3.8, 4) is 11.8 Å². The predicted molar refractivity (Wildman–Crippen MR) is 54.1 cm³/mol. The Morgan fingerprint density at radius 2 is 2.19 bits per heavy atom. The molecule has 0 aliphatic rings. The smallest absolute Gasteiger partial charge is 0.341 e. The highest BCUT2D eigenvalue weighted by Crippen LogP contribution is 2.16. The van der Waals surface area contributed by atoms with Crippen LogP contribution in [-0.2, 0) is 0 Å². The zero-order valence-corrected chi connectivity index (χ0v) is 8.47. The minimum atomic E-state index is -1.65. The third kappa shape index (κ3) is 2.55. The van der Waals surface area contributed by atoms with Crippen LogP contribution in [0.1, 0.15) is 15.9 Å². The lowest BCUT2D eigenvalue weighted by atomic mass is 10.1. The molecule has 0 atom stereocenters. The molecule has 84 valence electrons. The number of carboxylic acids is 1. The van der Waals surface area contributed by atoms with Gasteiger partial charge in [0.25, 0.3) is 0 Å². The van der Waals surface area contributed by atoms with E-state index >= 15 is 0 Å². The summed E-state index contributed by atoms with van der Waals surface area (Å²) in [5.74, 6) is 1.08. The maximum absolute atomic E-state index is 13.5. The second-order valence-corrected chi connectivity index (χ2v) is 2.92. The number of hydrogen-bond donors (Lipinski definition) is 2. The van der Waals surface area contributed by atoms with Crippen LogP contribution >= 0.6 is 0 Å². The molecule has 0 fully saturated rings. The van der Waals surface area contributed by atoms with E-state index in [-0.39, 0.29) is 5.56 Å². The van der Waals surface area contributed by atoms with Gasteiger partial charge in [-0.3, -0.25) is 0 Å². The Bertz CT molecular complexity index is 475. The first-order valence-corrected chi connectivity index (χ1v) is 4.42. The summed E-state index contributed by atoms with van der Waals surface area (Å²) in [4.78, 5) is 10.6. The van der Waals surface area contributed by atoms with Crippen molar-refractivity contribution in [2.45, 2.75) is 0 Å². The number of carbonyl (C=O) groups is 1. The Morgan fingerprint density at radius 3 is 2.75 bits per heavy atom. The number of aromatic carboxylic acids is 1. The van der Waals surface area contributed by atoms with E-state index in [2.05, 4.69) is 17.2 Å². The van der Waals surface area contributed by atoms with Gasteiger partial charge in [-0.2, -0.15) is 0 Å². The molecule has 0 heterocycles. The number of nitrogens with one attached hydrogen (secondary N) is 1. The molecule has 0 aromatic heterocycles. The fourth-order valence-corrected chi connectivity index (χ4v) is 1.07. The molecular formula is C11H9F2NO2. The molecule has 0 saturated carbocycles. The van der Waals surface area contributed by atoms with Gasteiger partial charge in [-0.25, -0.2) is 13.6 Å². The lowest BCUT2D eigenvalue weighted by Gasteiger charge is -2.01. The minimum Gasteiger partial charge on any atom is -0.477 e. The molecule has 16 heavy (non-hydrogen) atoms. The van der Waals surface area contributed by atoms with Gasteiger partial charge in [0.05, 0.1) is 12.1 Å². The van der Waals surface area contributed by atoms with Crippen LogP contribution in [0.25, 0.3) is 0 Å². The van der Waals surface area contributed by atoms with Gasteiger partial charge in [-0.1, -0.05) is 11.8 Å². The molecule has 0 unspecified atom stereocenters. The van der Waals surface area contributed by atoms with Gasteiger partial charge >= 0.3 is 5.97 Å². The summed E-state index contributed by atoms with van der Waals surface area (Å²) in [7, 11) is 1.67. The molecule has 1 rings (SSSR count). The van der Waals surface area contributed by atoms with E-state index in [9.17, 15) is 13.6 Å². The first kappa shape index (κ1) is 12.1. The van der Waals surface area contributed by atoms with E-state index in [0.29, 0.717) is 6.54 Å². The first-order chi connectivity index (χ1) is 7.57. The van der Waals surface area contributed by atoms with Crippen molar-refractivity contribution < 1.29 is 18.7 Å². The van der Waals surface area contributed by atoms with Gasteiger partial charge in [-0.15, -0.1) is 0 Å². The molecule has 3 nitrogen and oxygen atoms in total. The molecule has 1 aromatic carbocycles. The van der Waals surface area contributed by atoms with E-state index in [1.54, 1.807) is 7.05 Å². The Labute approximate surface area is 91.1 Å². The van der Waals surface area contributed by atoms with Crippen LogP contribution in [0.5, 0.6) is 0 Å². The number of hydrogen-bond acceptors (Lipinski definition) is 2. The van der Waals surface area contributed by atoms with Crippen LogP contribution in [0.15, 0.2) is 12.1 Å². The normalized spacial score (nSPS) is 9.44. The zero-order chi connectivity index (χ0) is 12.1. The highest BCUT2D eigenvalue weighted by Gasteiger charge is 2.18. The lowest BCUT2D eigenvalue weighted by molar-refractivity contribution is 0.0686. The Hall–Kier alpha value is -1.93. The second-order valence-electron chi connectivity index (χ2n) is 2.92. The van der Waals surface area contributed by atoms with E-state index in [1.165, 1.54) is 0 Å². The maximum atomic E-state index is 13.5. The van der Waals surface area contributed by atoms with Crippen LogP contribution in [-0.4, -0.2) is 24.7 Å². The van der Waals surface area contributed by atoms with Crippen LogP contribution in [0.3, 0.4) is 0 Å². The van der Waals surface area contributed by atoms with Crippen molar-refractivity contribution in [2.24, 2.45) is 0 Å². The van der Waals surface area contributed by atoms with Crippen LogP contribution in [0.4, 0.5) is 8.78 Å². The molecular weight excluding hydrogens is 216 g/mol. The van der Waals surface area contributed by atoms with Gasteiger partial charge in [0.1, 0.15) is 11.4 Å². The molecule has 2 N–H and O–H groups in total. The number of rotatable bonds is 2. The van der Waals surface area contributed by atoms with Crippen molar-refractivity contribution in [2.75, 3.05) is 13.6 Å². The standard InChI is InChI=1S/C11H9F2NO2/c1-14-6-2-3-7-4-5-8(12)9(10(7)13)11(15)16/h4-5,14H,6H2,1H3,(H,15,16). The van der Waals surface area contributed by atoms with E-state index in [1.807, 2.05) is 0 Å². The van der Waals surface area contributed by atoms with Crippen LogP contribution in [0, 0.1) is 23.5 Å². The quantitative estimate of drug-likeness (QED) is 0.744. The fraction of sp³-hybridized carbons (Fsp3) is 0.182. The molecule has 1 aromatic rings. The van der Waals surface area contributed by atoms with Crippen molar-refractivity contribution in [1.29, 1.82) is 0 Å². The molecule has 0 aliphatic carbocycles. The van der Waals surface area contributed by atoms with E-state index < -0.39 is 23.2 Å². The summed E-state index contributed by atoms with van der Waals surface area (Å²) in [5, 5.41) is 11.3. The summed E-state index contributed by atoms with van der Waals surface area (Å²) in [6.45, 7) is 0.333. The summed E-state index contributed by atoms with van der Waals surface area (Å²) in [5.41, 5.74) is -1.11.